The largest absolute Gasteiger partial charge is 0.376 e. The third-order valence-corrected chi connectivity index (χ3v) is 0.968. The maximum atomic E-state index is 3.78. The highest BCUT2D eigenvalue weighted by Crippen LogP contribution is 1.68. The van der Waals surface area contributed by atoms with Crippen LogP contribution in [-0.4, -0.2) is 33.5 Å². The van der Waals surface area contributed by atoms with Crippen molar-refractivity contribution in [2.75, 3.05) is 27.2 Å². The lowest BCUT2D eigenvalue weighted by molar-refractivity contribution is 0.707. The minimum Gasteiger partial charge on any atom is -0.376 e. The van der Waals surface area contributed by atoms with Crippen LogP contribution < -0.4 is 10.6 Å². The Morgan fingerprint density at radius 1 is 1.44 bits per heavy atom. The molecule has 0 rings (SSSR count). The quantitative estimate of drug-likeness (QED) is 0.307. The highest BCUT2D eigenvalue weighted by atomic mass is 14.9. The van der Waals surface area contributed by atoms with Gasteiger partial charge in [-0.15, -0.1) is 0 Å². The molecule has 3 nitrogen and oxygen atoms in total. The molecule has 0 aromatic carbocycles. The van der Waals surface area contributed by atoms with E-state index in [9.17, 15) is 0 Å². The molecule has 0 unspecified atom stereocenters. The van der Waals surface area contributed by atoms with Gasteiger partial charge in [0.25, 0.3) is 0 Å². The Labute approximate surface area is 56.6 Å². The first-order valence-electron chi connectivity index (χ1n) is 3.20. The molecule has 0 saturated heterocycles. The standard InChI is InChI=1S/C6H15N3/c1-7-4-3-5-9-6-8-2/h6-7H,3-5H2,1-2H3,(H,8,9). The second-order valence-electron chi connectivity index (χ2n) is 1.80. The van der Waals surface area contributed by atoms with E-state index in [1.165, 1.54) is 0 Å². The molecule has 9 heavy (non-hydrogen) atoms. The average Bonchev–Trinajstić information content (AvgIpc) is 1.89. The van der Waals surface area contributed by atoms with Gasteiger partial charge >= 0.3 is 0 Å². The van der Waals surface area contributed by atoms with Crippen LogP contribution in [0.1, 0.15) is 6.42 Å². The van der Waals surface area contributed by atoms with E-state index in [-0.39, 0.29) is 0 Å². The summed E-state index contributed by atoms with van der Waals surface area (Å²) in [5.74, 6) is 0. The van der Waals surface area contributed by atoms with Crippen LogP contribution in [-0.2, 0) is 0 Å². The molecule has 0 bridgehead atoms. The van der Waals surface area contributed by atoms with Gasteiger partial charge < -0.3 is 10.6 Å². The predicted molar refractivity (Wildman–Crippen MR) is 41.0 cm³/mol. The molecular weight excluding hydrogens is 114 g/mol. The average molecular weight is 129 g/mol. The Morgan fingerprint density at radius 3 is 2.78 bits per heavy atom. The zero-order valence-electron chi connectivity index (χ0n) is 6.15. The minimum absolute atomic E-state index is 0.998. The van der Waals surface area contributed by atoms with Crippen molar-refractivity contribution in [1.82, 2.24) is 10.6 Å². The van der Waals surface area contributed by atoms with Gasteiger partial charge in [0, 0.05) is 13.6 Å². The van der Waals surface area contributed by atoms with Gasteiger partial charge in [0.15, 0.2) is 0 Å². The summed E-state index contributed by atoms with van der Waals surface area (Å²) >= 11 is 0. The van der Waals surface area contributed by atoms with Crippen LogP contribution in [0.4, 0.5) is 0 Å². The molecule has 0 aliphatic carbocycles. The fraction of sp³-hybridized carbons (Fsp3) is 0.833. The van der Waals surface area contributed by atoms with E-state index in [2.05, 4.69) is 15.6 Å². The number of nitrogens with one attached hydrogen (secondary N) is 2. The zero-order chi connectivity index (χ0) is 6.95. The summed E-state index contributed by atoms with van der Waals surface area (Å²) in [7, 11) is 3.71. The Morgan fingerprint density at radius 2 is 2.22 bits per heavy atom. The molecule has 0 radical (unpaired) electrons. The van der Waals surface area contributed by atoms with Crippen LogP contribution in [0.3, 0.4) is 0 Å². The highest BCUT2D eigenvalue weighted by Gasteiger charge is 1.79. The second-order valence-corrected chi connectivity index (χ2v) is 1.80. The van der Waals surface area contributed by atoms with Gasteiger partial charge in [-0.1, -0.05) is 0 Å². The molecule has 0 atom stereocenters. The van der Waals surface area contributed by atoms with Crippen molar-refractivity contribution in [1.29, 1.82) is 0 Å². The molecular formula is C6H15N3. The molecule has 3 heteroatoms. The van der Waals surface area contributed by atoms with E-state index in [0.29, 0.717) is 0 Å². The predicted octanol–water partition coefficient (Wildman–Crippen LogP) is -0.156. The topological polar surface area (TPSA) is 36.4 Å². The lowest BCUT2D eigenvalue weighted by atomic mass is 10.4. The number of hydrogen-bond donors (Lipinski definition) is 2. The molecule has 0 aromatic rings. The molecule has 0 heterocycles. The molecule has 2 N–H and O–H groups in total. The maximum absolute atomic E-state index is 3.78. The first-order chi connectivity index (χ1) is 4.41. The maximum Gasteiger partial charge on any atom is 0.0820 e. The van der Waals surface area contributed by atoms with E-state index in [4.69, 9.17) is 0 Å². The summed E-state index contributed by atoms with van der Waals surface area (Å²) in [6.45, 7) is 2.06. The molecule has 54 valence electrons. The van der Waals surface area contributed by atoms with E-state index in [1.54, 1.807) is 13.4 Å². The fourth-order valence-electron chi connectivity index (χ4n) is 0.523. The first kappa shape index (κ1) is 8.43. The summed E-state index contributed by atoms with van der Waals surface area (Å²) in [4.78, 5) is 3.78. The third kappa shape index (κ3) is 7.43. The van der Waals surface area contributed by atoms with Crippen LogP contribution >= 0.6 is 0 Å². The second kappa shape index (κ2) is 7.43. The zero-order valence-corrected chi connectivity index (χ0v) is 6.15. The Kier molecular flexibility index (Phi) is 6.96. The molecule has 0 spiro atoms. The van der Waals surface area contributed by atoms with Crippen molar-refractivity contribution in [3.63, 3.8) is 0 Å². The Balaban J connectivity index is 2.75. The van der Waals surface area contributed by atoms with Crippen molar-refractivity contribution in [3.05, 3.63) is 0 Å². The summed E-state index contributed by atoms with van der Waals surface area (Å²) in [5, 5.41) is 6.10. The molecule has 0 amide bonds. The SMILES string of the molecule is C/N=C\NCCCNC. The lowest BCUT2D eigenvalue weighted by Crippen LogP contribution is -2.18. The molecule has 0 aliphatic rings. The van der Waals surface area contributed by atoms with Crippen LogP contribution in [0.2, 0.25) is 0 Å². The van der Waals surface area contributed by atoms with Gasteiger partial charge in [-0.25, -0.2) is 0 Å². The van der Waals surface area contributed by atoms with E-state index in [1.807, 2.05) is 7.05 Å². The van der Waals surface area contributed by atoms with Crippen molar-refractivity contribution >= 4 is 6.34 Å². The van der Waals surface area contributed by atoms with Gasteiger partial charge in [-0.05, 0) is 20.0 Å². The smallest absolute Gasteiger partial charge is 0.0820 e. The van der Waals surface area contributed by atoms with Gasteiger partial charge in [-0.3, -0.25) is 4.99 Å². The van der Waals surface area contributed by atoms with Gasteiger partial charge in [-0.2, -0.15) is 0 Å². The number of aliphatic imine (C=N–C) groups is 1. The summed E-state index contributed by atoms with van der Waals surface area (Å²) in [6.07, 6.45) is 2.86. The first-order valence-corrected chi connectivity index (χ1v) is 3.20. The molecule has 0 saturated carbocycles. The highest BCUT2D eigenvalue weighted by molar-refractivity contribution is 5.53. The van der Waals surface area contributed by atoms with E-state index < -0.39 is 0 Å². The van der Waals surface area contributed by atoms with Gasteiger partial charge in [0.1, 0.15) is 0 Å². The summed E-state index contributed by atoms with van der Waals surface area (Å²) in [5.41, 5.74) is 0. The molecule has 0 aliphatic heterocycles. The number of nitrogens with zero attached hydrogens (tertiary/aromatic N) is 1. The summed E-state index contributed by atoms with van der Waals surface area (Å²) in [6, 6.07) is 0. The minimum atomic E-state index is 0.998. The van der Waals surface area contributed by atoms with Crippen molar-refractivity contribution < 1.29 is 0 Å². The Bertz CT molecular complexity index is 70.7. The normalized spacial score (nSPS) is 10.4. The van der Waals surface area contributed by atoms with E-state index >= 15 is 0 Å². The molecule has 0 fully saturated rings. The lowest BCUT2D eigenvalue weighted by Gasteiger charge is -1.97. The van der Waals surface area contributed by atoms with Gasteiger partial charge in [0.05, 0.1) is 6.34 Å². The van der Waals surface area contributed by atoms with Gasteiger partial charge in [0.2, 0.25) is 0 Å². The fourth-order valence-corrected chi connectivity index (χ4v) is 0.523. The van der Waals surface area contributed by atoms with Crippen molar-refractivity contribution in [2.24, 2.45) is 4.99 Å². The van der Waals surface area contributed by atoms with Crippen molar-refractivity contribution in [2.45, 2.75) is 6.42 Å². The van der Waals surface area contributed by atoms with Crippen LogP contribution in [0.15, 0.2) is 4.99 Å². The van der Waals surface area contributed by atoms with Crippen molar-refractivity contribution in [3.8, 4) is 0 Å². The van der Waals surface area contributed by atoms with Crippen LogP contribution in [0.25, 0.3) is 0 Å². The molecule has 0 aromatic heterocycles. The monoisotopic (exact) mass is 129 g/mol. The number of hydrogen-bond acceptors (Lipinski definition) is 2. The summed E-state index contributed by atoms with van der Waals surface area (Å²) < 4.78 is 0. The third-order valence-electron chi connectivity index (χ3n) is 0.968. The van der Waals surface area contributed by atoms with Crippen LogP contribution in [0.5, 0.6) is 0 Å². The number of rotatable bonds is 5. The van der Waals surface area contributed by atoms with E-state index in [0.717, 1.165) is 19.5 Å². The van der Waals surface area contributed by atoms with Crippen LogP contribution in [0, 0.1) is 0 Å². The Hall–Kier alpha value is -0.570.